The molecule has 1 aliphatic rings. The molecule has 0 bridgehead atoms. The molecule has 0 unspecified atom stereocenters. The number of rotatable bonds is 5. The highest BCUT2D eigenvalue weighted by Crippen LogP contribution is 2.60. The van der Waals surface area contributed by atoms with Gasteiger partial charge in [-0.25, -0.2) is 0 Å². The molecular formula is C17H34O. The largest absolute Gasteiger partial charge is 0.393 e. The van der Waals surface area contributed by atoms with Crippen LogP contribution in [0.2, 0.25) is 0 Å². The van der Waals surface area contributed by atoms with Crippen LogP contribution < -0.4 is 0 Å². The maximum Gasteiger partial charge on any atom is 0.0563 e. The van der Waals surface area contributed by atoms with Gasteiger partial charge in [0.05, 0.1) is 6.10 Å². The lowest BCUT2D eigenvalue weighted by atomic mass is 9.59. The molecule has 1 N–H and O–H groups in total. The number of aliphatic hydroxyl groups excluding tert-OH is 1. The minimum absolute atomic E-state index is 0.127. The molecule has 0 heterocycles. The zero-order valence-corrected chi connectivity index (χ0v) is 13.6. The van der Waals surface area contributed by atoms with Gasteiger partial charge in [0.25, 0.3) is 0 Å². The summed E-state index contributed by atoms with van der Waals surface area (Å²) in [6, 6.07) is 0. The molecule has 0 aromatic carbocycles. The first-order valence-electron chi connectivity index (χ1n) is 7.81. The molecule has 108 valence electrons. The summed E-state index contributed by atoms with van der Waals surface area (Å²) in [7, 11) is 0. The predicted octanol–water partition coefficient (Wildman–Crippen LogP) is 4.88. The molecule has 1 heteroatoms. The van der Waals surface area contributed by atoms with Crippen LogP contribution in [0.5, 0.6) is 0 Å². The highest BCUT2D eigenvalue weighted by Gasteiger charge is 2.51. The quantitative estimate of drug-likeness (QED) is 0.741. The Bertz CT molecular complexity index is 269. The van der Waals surface area contributed by atoms with Crippen LogP contribution in [0.3, 0.4) is 0 Å². The molecule has 0 aromatic heterocycles. The van der Waals surface area contributed by atoms with Gasteiger partial charge in [0.1, 0.15) is 0 Å². The van der Waals surface area contributed by atoms with Gasteiger partial charge in [-0.05, 0) is 54.3 Å². The van der Waals surface area contributed by atoms with Crippen molar-refractivity contribution in [3.05, 3.63) is 0 Å². The Morgan fingerprint density at radius 1 is 1.11 bits per heavy atom. The summed E-state index contributed by atoms with van der Waals surface area (Å²) >= 11 is 0. The van der Waals surface area contributed by atoms with Crippen LogP contribution >= 0.6 is 0 Å². The lowest BCUT2D eigenvalue weighted by Crippen LogP contribution is -2.39. The van der Waals surface area contributed by atoms with Crippen molar-refractivity contribution in [2.45, 2.75) is 80.3 Å². The second-order valence-electron chi connectivity index (χ2n) is 7.87. The highest BCUT2D eigenvalue weighted by atomic mass is 16.3. The van der Waals surface area contributed by atoms with Crippen molar-refractivity contribution in [2.24, 2.45) is 28.6 Å². The van der Waals surface area contributed by atoms with Gasteiger partial charge in [-0.2, -0.15) is 0 Å². The number of hydrogen-bond donors (Lipinski definition) is 1. The van der Waals surface area contributed by atoms with Crippen molar-refractivity contribution in [1.29, 1.82) is 0 Å². The molecule has 0 amide bonds. The van der Waals surface area contributed by atoms with Crippen LogP contribution in [0, 0.1) is 28.6 Å². The van der Waals surface area contributed by atoms with Crippen molar-refractivity contribution in [1.82, 2.24) is 0 Å². The second-order valence-corrected chi connectivity index (χ2v) is 7.87. The van der Waals surface area contributed by atoms with E-state index in [0.717, 1.165) is 18.8 Å². The third-order valence-electron chi connectivity index (χ3n) is 6.55. The zero-order chi connectivity index (χ0) is 14.1. The Hall–Kier alpha value is -0.0400. The van der Waals surface area contributed by atoms with E-state index in [9.17, 15) is 5.11 Å². The molecule has 0 spiro atoms. The molecule has 4 atom stereocenters. The van der Waals surface area contributed by atoms with Crippen LogP contribution in [0.1, 0.15) is 74.1 Å². The first-order valence-corrected chi connectivity index (χ1v) is 7.81. The van der Waals surface area contributed by atoms with Crippen molar-refractivity contribution >= 4 is 0 Å². The summed E-state index contributed by atoms with van der Waals surface area (Å²) in [5, 5.41) is 9.98. The number of aliphatic hydroxyl groups is 1. The van der Waals surface area contributed by atoms with Crippen LogP contribution in [-0.2, 0) is 0 Å². The molecule has 1 aliphatic carbocycles. The highest BCUT2D eigenvalue weighted by molar-refractivity contribution is 5.01. The van der Waals surface area contributed by atoms with E-state index in [0.29, 0.717) is 22.7 Å². The molecule has 18 heavy (non-hydrogen) atoms. The number of hydrogen-bond acceptors (Lipinski definition) is 1. The summed E-state index contributed by atoms with van der Waals surface area (Å²) in [5.41, 5.74) is 0.859. The van der Waals surface area contributed by atoms with Crippen LogP contribution in [0.15, 0.2) is 0 Å². The Labute approximate surface area is 114 Å². The Balaban J connectivity index is 2.64. The lowest BCUT2D eigenvalue weighted by molar-refractivity contribution is 0.0224. The van der Waals surface area contributed by atoms with Gasteiger partial charge in [-0.3, -0.25) is 0 Å². The first kappa shape index (κ1) is 16.0. The Morgan fingerprint density at radius 2 is 1.67 bits per heavy atom. The third-order valence-corrected chi connectivity index (χ3v) is 6.55. The van der Waals surface area contributed by atoms with E-state index in [4.69, 9.17) is 0 Å². The van der Waals surface area contributed by atoms with E-state index in [-0.39, 0.29) is 6.10 Å². The van der Waals surface area contributed by atoms with Gasteiger partial charge in [0.15, 0.2) is 0 Å². The first-order chi connectivity index (χ1) is 8.13. The molecule has 1 rings (SSSR count). The topological polar surface area (TPSA) is 20.2 Å². The molecule has 0 radical (unpaired) electrons. The van der Waals surface area contributed by atoms with E-state index in [1.54, 1.807) is 0 Å². The minimum atomic E-state index is -0.127. The average molecular weight is 254 g/mol. The molecule has 1 saturated carbocycles. The third kappa shape index (κ3) is 2.76. The summed E-state index contributed by atoms with van der Waals surface area (Å²) in [6.45, 7) is 16.4. The molecule has 0 saturated heterocycles. The smallest absolute Gasteiger partial charge is 0.0563 e. The maximum atomic E-state index is 9.98. The minimum Gasteiger partial charge on any atom is -0.393 e. The fourth-order valence-corrected chi connectivity index (χ4v) is 3.72. The van der Waals surface area contributed by atoms with Crippen molar-refractivity contribution in [2.75, 3.05) is 0 Å². The molecule has 1 nitrogen and oxygen atoms in total. The normalized spacial score (nSPS) is 34.8. The van der Waals surface area contributed by atoms with Gasteiger partial charge in [0, 0.05) is 0 Å². The van der Waals surface area contributed by atoms with Crippen molar-refractivity contribution in [3.8, 4) is 0 Å². The summed E-state index contributed by atoms with van der Waals surface area (Å²) in [4.78, 5) is 0. The van der Waals surface area contributed by atoms with Crippen molar-refractivity contribution < 1.29 is 5.11 Å². The fraction of sp³-hybridized carbons (Fsp3) is 1.00. The monoisotopic (exact) mass is 254 g/mol. The van der Waals surface area contributed by atoms with Gasteiger partial charge in [0.2, 0.25) is 0 Å². The molecule has 0 aliphatic heterocycles. The predicted molar refractivity (Wildman–Crippen MR) is 79.5 cm³/mol. The SMILES string of the molecule is CC(C)[C@H](O)CC[C@H](C)[C@@]1(C)CC[C@@H](C)C1(C)C. The van der Waals surface area contributed by atoms with Gasteiger partial charge < -0.3 is 5.11 Å². The van der Waals surface area contributed by atoms with Crippen LogP contribution in [0.25, 0.3) is 0 Å². The molecule has 0 aromatic rings. The van der Waals surface area contributed by atoms with E-state index >= 15 is 0 Å². The summed E-state index contributed by atoms with van der Waals surface area (Å²) in [5.74, 6) is 1.91. The fourth-order valence-electron chi connectivity index (χ4n) is 3.72. The van der Waals surface area contributed by atoms with Gasteiger partial charge >= 0.3 is 0 Å². The van der Waals surface area contributed by atoms with Gasteiger partial charge in [-0.1, -0.05) is 48.5 Å². The molecular weight excluding hydrogens is 220 g/mol. The standard InChI is InChI=1S/C17H34O/c1-12(2)15(18)9-8-14(4)17(7)11-10-13(3)16(17,5)6/h12-15,18H,8-11H2,1-7H3/t13-,14+,15-,17-/m1/s1. The zero-order valence-electron chi connectivity index (χ0n) is 13.6. The molecule has 1 fully saturated rings. The van der Waals surface area contributed by atoms with Crippen LogP contribution in [-0.4, -0.2) is 11.2 Å². The van der Waals surface area contributed by atoms with Gasteiger partial charge in [-0.15, -0.1) is 0 Å². The van der Waals surface area contributed by atoms with E-state index in [2.05, 4.69) is 48.5 Å². The van der Waals surface area contributed by atoms with Crippen molar-refractivity contribution in [3.63, 3.8) is 0 Å². The maximum absolute atomic E-state index is 9.98. The summed E-state index contributed by atoms with van der Waals surface area (Å²) in [6.07, 6.45) is 4.70. The van der Waals surface area contributed by atoms with E-state index in [1.165, 1.54) is 12.8 Å². The lowest BCUT2D eigenvalue weighted by Gasteiger charge is -2.46. The Kier molecular flexibility index (Phi) is 4.92. The Morgan fingerprint density at radius 3 is 2.06 bits per heavy atom. The van der Waals surface area contributed by atoms with E-state index < -0.39 is 0 Å². The summed E-state index contributed by atoms with van der Waals surface area (Å²) < 4.78 is 0. The van der Waals surface area contributed by atoms with E-state index in [1.807, 2.05) is 0 Å². The second kappa shape index (κ2) is 5.53. The average Bonchev–Trinajstić information content (AvgIpc) is 2.50. The van der Waals surface area contributed by atoms with Crippen LogP contribution in [0.4, 0.5) is 0 Å².